The van der Waals surface area contributed by atoms with Crippen molar-refractivity contribution in [3.05, 3.63) is 71.1 Å². The molecule has 0 saturated carbocycles. The molecule has 1 heterocycles. The van der Waals surface area contributed by atoms with Crippen LogP contribution in [0.4, 0.5) is 13.2 Å². The van der Waals surface area contributed by atoms with Gasteiger partial charge in [-0.1, -0.05) is 35.9 Å². The van der Waals surface area contributed by atoms with Crippen LogP contribution in [0.1, 0.15) is 35.0 Å². The maximum atomic E-state index is 13.2. The van der Waals surface area contributed by atoms with Gasteiger partial charge in [0, 0.05) is 18.4 Å². The first-order valence-electron chi connectivity index (χ1n) is 9.23. The molecule has 162 valence electrons. The van der Waals surface area contributed by atoms with Crippen LogP contribution in [0.15, 0.2) is 52.9 Å². The molecule has 0 aliphatic rings. The maximum Gasteiger partial charge on any atom is 0.416 e. The summed E-state index contributed by atoms with van der Waals surface area (Å²) >= 11 is 0. The van der Waals surface area contributed by atoms with E-state index in [-0.39, 0.29) is 24.6 Å². The number of nitrogens with zero attached hydrogens (tertiary/aromatic N) is 2. The van der Waals surface area contributed by atoms with Gasteiger partial charge < -0.3 is 14.8 Å². The second kappa shape index (κ2) is 8.99. The minimum absolute atomic E-state index is 0.00203. The van der Waals surface area contributed by atoms with Crippen LogP contribution in [0, 0.1) is 6.92 Å². The molecule has 3 aromatic rings. The molecule has 2 N–H and O–H groups in total. The summed E-state index contributed by atoms with van der Waals surface area (Å²) in [4.78, 5) is 23.8. The van der Waals surface area contributed by atoms with E-state index in [2.05, 4.69) is 15.5 Å². The summed E-state index contributed by atoms with van der Waals surface area (Å²) < 4.78 is 45.1. The summed E-state index contributed by atoms with van der Waals surface area (Å²) in [5.41, 5.74) is 0.0846. The van der Waals surface area contributed by atoms with Gasteiger partial charge in [-0.15, -0.1) is 10.2 Å². The summed E-state index contributed by atoms with van der Waals surface area (Å²) in [5, 5.41) is 19.3. The molecule has 1 aromatic heterocycles. The largest absolute Gasteiger partial charge is 0.479 e. The zero-order chi connectivity index (χ0) is 22.6. The Hall–Kier alpha value is -3.69. The number of aliphatic carboxylic acids is 1. The number of alkyl halides is 3. The van der Waals surface area contributed by atoms with E-state index in [1.807, 2.05) is 19.1 Å². The number of carbonyl (C=O) groups is 2. The molecule has 0 saturated heterocycles. The van der Waals surface area contributed by atoms with E-state index in [0.717, 1.165) is 23.8 Å². The van der Waals surface area contributed by atoms with Gasteiger partial charge in [-0.05, 0) is 30.7 Å². The lowest BCUT2D eigenvalue weighted by Crippen LogP contribution is -2.35. The summed E-state index contributed by atoms with van der Waals surface area (Å²) in [6.07, 6.45) is -5.00. The van der Waals surface area contributed by atoms with Gasteiger partial charge in [-0.3, -0.25) is 4.79 Å². The van der Waals surface area contributed by atoms with Crippen LogP contribution < -0.4 is 5.32 Å². The minimum Gasteiger partial charge on any atom is -0.479 e. The summed E-state index contributed by atoms with van der Waals surface area (Å²) in [5.74, 6) is -1.96. The monoisotopic (exact) mass is 433 g/mol. The van der Waals surface area contributed by atoms with Crippen LogP contribution in [0.25, 0.3) is 11.5 Å². The van der Waals surface area contributed by atoms with Crippen molar-refractivity contribution >= 4 is 11.9 Å². The van der Waals surface area contributed by atoms with E-state index < -0.39 is 35.2 Å². The molecule has 1 amide bonds. The highest BCUT2D eigenvalue weighted by Gasteiger charge is 2.37. The van der Waals surface area contributed by atoms with Crippen LogP contribution in [0.5, 0.6) is 0 Å². The molecule has 31 heavy (non-hydrogen) atoms. The van der Waals surface area contributed by atoms with Crippen molar-refractivity contribution in [1.82, 2.24) is 15.5 Å². The number of hydrogen-bond acceptors (Lipinski definition) is 5. The number of aromatic nitrogens is 2. The van der Waals surface area contributed by atoms with Crippen molar-refractivity contribution in [2.24, 2.45) is 0 Å². The van der Waals surface area contributed by atoms with Gasteiger partial charge in [0.15, 0.2) is 6.04 Å². The first-order chi connectivity index (χ1) is 14.6. The molecule has 0 aliphatic heterocycles. The molecular formula is C21H18F3N3O4. The van der Waals surface area contributed by atoms with Crippen LogP contribution in [0.3, 0.4) is 0 Å². The molecule has 0 bridgehead atoms. The van der Waals surface area contributed by atoms with E-state index in [1.165, 1.54) is 6.07 Å². The zero-order valence-electron chi connectivity index (χ0n) is 16.3. The topological polar surface area (TPSA) is 105 Å². The second-order valence-electron chi connectivity index (χ2n) is 6.79. The molecule has 0 fully saturated rings. The Balaban J connectivity index is 1.67. The molecule has 0 aliphatic carbocycles. The van der Waals surface area contributed by atoms with Gasteiger partial charge >= 0.3 is 12.1 Å². The van der Waals surface area contributed by atoms with E-state index in [4.69, 9.17) is 4.42 Å². The van der Waals surface area contributed by atoms with Crippen LogP contribution in [-0.4, -0.2) is 27.2 Å². The Morgan fingerprint density at radius 1 is 1.10 bits per heavy atom. The van der Waals surface area contributed by atoms with Crippen molar-refractivity contribution < 1.29 is 32.3 Å². The fraction of sp³-hybridized carbons (Fsp3) is 0.238. The quantitative estimate of drug-likeness (QED) is 0.585. The molecule has 3 rings (SSSR count). The van der Waals surface area contributed by atoms with Gasteiger partial charge in [0.2, 0.25) is 17.7 Å². The van der Waals surface area contributed by atoms with Crippen LogP contribution in [-0.2, 0) is 22.2 Å². The fourth-order valence-electron chi connectivity index (χ4n) is 2.90. The summed E-state index contributed by atoms with van der Waals surface area (Å²) in [6.45, 7) is 1.93. The summed E-state index contributed by atoms with van der Waals surface area (Å²) in [7, 11) is 0. The number of nitrogens with one attached hydrogen (secondary N) is 1. The molecule has 2 aromatic carbocycles. The molecule has 0 spiro atoms. The Bertz CT molecular complexity index is 1080. The fourth-order valence-corrected chi connectivity index (χ4v) is 2.90. The maximum absolute atomic E-state index is 13.2. The Labute approximate surface area is 174 Å². The Kier molecular flexibility index (Phi) is 6.38. The van der Waals surface area contributed by atoms with E-state index in [1.54, 1.807) is 12.1 Å². The SMILES string of the molecule is Cc1ccc(-c2nnc(CCC(=O)NC(C(=O)O)c3ccccc3C(F)(F)F)o2)cc1. The molecule has 1 unspecified atom stereocenters. The second-order valence-corrected chi connectivity index (χ2v) is 6.79. The lowest BCUT2D eigenvalue weighted by Gasteiger charge is -2.19. The average molecular weight is 433 g/mol. The number of carbonyl (C=O) groups excluding carboxylic acids is 1. The highest BCUT2D eigenvalue weighted by Crippen LogP contribution is 2.34. The zero-order valence-corrected chi connectivity index (χ0v) is 16.3. The minimum atomic E-state index is -4.76. The van der Waals surface area contributed by atoms with Crippen LogP contribution in [0.2, 0.25) is 0 Å². The third kappa shape index (κ3) is 5.47. The first-order valence-corrected chi connectivity index (χ1v) is 9.23. The Morgan fingerprint density at radius 2 is 1.77 bits per heavy atom. The normalized spacial score (nSPS) is 12.4. The number of carboxylic acids is 1. The van der Waals surface area contributed by atoms with Crippen molar-refractivity contribution in [3.63, 3.8) is 0 Å². The number of amides is 1. The lowest BCUT2D eigenvalue weighted by molar-refractivity contribution is -0.144. The third-order valence-corrected chi connectivity index (χ3v) is 4.46. The predicted octanol–water partition coefficient (Wildman–Crippen LogP) is 3.94. The number of halogens is 3. The Morgan fingerprint density at radius 3 is 2.42 bits per heavy atom. The van der Waals surface area contributed by atoms with Gasteiger partial charge in [-0.25, -0.2) is 4.79 Å². The summed E-state index contributed by atoms with van der Waals surface area (Å²) in [6, 6.07) is 9.71. The number of hydrogen-bond donors (Lipinski definition) is 2. The number of benzene rings is 2. The third-order valence-electron chi connectivity index (χ3n) is 4.46. The van der Waals surface area contributed by atoms with Crippen LogP contribution >= 0.6 is 0 Å². The molecule has 0 radical (unpaired) electrons. The van der Waals surface area contributed by atoms with Crippen molar-refractivity contribution in [2.45, 2.75) is 32.0 Å². The van der Waals surface area contributed by atoms with E-state index in [9.17, 15) is 27.9 Å². The molecule has 10 heteroatoms. The van der Waals surface area contributed by atoms with Crippen molar-refractivity contribution in [1.29, 1.82) is 0 Å². The van der Waals surface area contributed by atoms with Gasteiger partial charge in [-0.2, -0.15) is 13.2 Å². The van der Waals surface area contributed by atoms with Crippen molar-refractivity contribution in [3.8, 4) is 11.5 Å². The van der Waals surface area contributed by atoms with Crippen molar-refractivity contribution in [2.75, 3.05) is 0 Å². The smallest absolute Gasteiger partial charge is 0.416 e. The number of carboxylic acid groups (broad SMARTS) is 1. The van der Waals surface area contributed by atoms with E-state index >= 15 is 0 Å². The molecule has 1 atom stereocenters. The highest BCUT2D eigenvalue weighted by atomic mass is 19.4. The average Bonchev–Trinajstić information content (AvgIpc) is 3.19. The predicted molar refractivity (Wildman–Crippen MR) is 103 cm³/mol. The molecule has 7 nitrogen and oxygen atoms in total. The number of aryl methyl sites for hydroxylation is 2. The number of rotatable bonds is 7. The van der Waals surface area contributed by atoms with Gasteiger partial charge in [0.25, 0.3) is 0 Å². The molecular weight excluding hydrogens is 415 g/mol. The van der Waals surface area contributed by atoms with Gasteiger partial charge in [0.1, 0.15) is 0 Å². The first kappa shape index (κ1) is 22.0. The highest BCUT2D eigenvalue weighted by molar-refractivity contribution is 5.85. The standard InChI is InChI=1S/C21H18F3N3O4/c1-12-6-8-13(9-7-12)19-27-26-17(31-19)11-10-16(28)25-18(20(29)30)14-4-2-3-5-15(14)21(22,23)24/h2-9,18H,10-11H2,1H3,(H,25,28)(H,29,30). The lowest BCUT2D eigenvalue weighted by atomic mass is 9.99. The van der Waals surface area contributed by atoms with Gasteiger partial charge in [0.05, 0.1) is 5.56 Å². The van der Waals surface area contributed by atoms with E-state index in [0.29, 0.717) is 5.56 Å².